The van der Waals surface area contributed by atoms with Crippen LogP contribution in [0.25, 0.3) is 11.1 Å². The van der Waals surface area contributed by atoms with Crippen LogP contribution in [0.2, 0.25) is 0 Å². The van der Waals surface area contributed by atoms with Crippen molar-refractivity contribution in [1.29, 1.82) is 0 Å². The zero-order valence-corrected chi connectivity index (χ0v) is 13.5. The number of likely N-dealkylation sites (N-methyl/N-ethyl adjacent to an activating group) is 1. The normalized spacial score (nSPS) is 13.6. The molecule has 0 spiro atoms. The van der Waals surface area contributed by atoms with Gasteiger partial charge in [-0.15, -0.1) is 0 Å². The van der Waals surface area contributed by atoms with Gasteiger partial charge in [0.25, 0.3) is 0 Å². The quantitative estimate of drug-likeness (QED) is 0.849. The molecular formula is C15H19NO2S2. The van der Waals surface area contributed by atoms with Crippen molar-refractivity contribution in [2.75, 3.05) is 19.8 Å². The van der Waals surface area contributed by atoms with Gasteiger partial charge in [-0.2, -0.15) is 11.3 Å². The maximum absolute atomic E-state index is 11.4. The fourth-order valence-electron chi connectivity index (χ4n) is 2.06. The second-order valence-electron chi connectivity index (χ2n) is 5.08. The van der Waals surface area contributed by atoms with E-state index >= 15 is 0 Å². The Labute approximate surface area is 124 Å². The molecule has 0 fully saturated rings. The molecule has 3 nitrogen and oxygen atoms in total. The Hall–Kier alpha value is -1.17. The van der Waals surface area contributed by atoms with Crippen molar-refractivity contribution in [3.63, 3.8) is 0 Å². The van der Waals surface area contributed by atoms with E-state index < -0.39 is 10.0 Å². The lowest BCUT2D eigenvalue weighted by molar-refractivity contribution is 0.451. The Bertz CT molecular complexity index is 646. The molecule has 1 heterocycles. The molecule has 0 bridgehead atoms. The Morgan fingerprint density at radius 2 is 1.80 bits per heavy atom. The standard InChI is InChI=1S/C15H19NO2S2/c1-12(10-16(2)20(3,17)18)13-4-6-14(7-5-13)15-8-9-19-11-15/h4-9,11-12H,10H2,1-3H3. The predicted octanol–water partition coefficient (Wildman–Crippen LogP) is 3.41. The monoisotopic (exact) mass is 309 g/mol. The van der Waals surface area contributed by atoms with Crippen LogP contribution in [0.4, 0.5) is 0 Å². The van der Waals surface area contributed by atoms with Gasteiger partial charge in [0.15, 0.2) is 0 Å². The summed E-state index contributed by atoms with van der Waals surface area (Å²) in [7, 11) is -1.50. The van der Waals surface area contributed by atoms with Gasteiger partial charge in [-0.05, 0) is 39.4 Å². The average Bonchev–Trinajstić information content (AvgIpc) is 2.91. The third kappa shape index (κ3) is 3.69. The van der Waals surface area contributed by atoms with Crippen LogP contribution in [-0.4, -0.2) is 32.6 Å². The fourth-order valence-corrected chi connectivity index (χ4v) is 3.22. The second-order valence-corrected chi connectivity index (χ2v) is 7.95. The molecule has 1 atom stereocenters. The lowest BCUT2D eigenvalue weighted by Gasteiger charge is -2.19. The molecule has 0 aliphatic heterocycles. The van der Waals surface area contributed by atoms with Crippen LogP contribution < -0.4 is 0 Å². The molecule has 0 radical (unpaired) electrons. The van der Waals surface area contributed by atoms with E-state index in [1.54, 1.807) is 18.4 Å². The van der Waals surface area contributed by atoms with Gasteiger partial charge in [0, 0.05) is 13.6 Å². The molecule has 2 rings (SSSR count). The van der Waals surface area contributed by atoms with Crippen LogP contribution in [0.3, 0.4) is 0 Å². The first kappa shape index (κ1) is 15.2. The summed E-state index contributed by atoms with van der Waals surface area (Å²) in [5, 5.41) is 4.18. The minimum atomic E-state index is -3.11. The van der Waals surface area contributed by atoms with E-state index in [0.717, 1.165) is 5.56 Å². The number of benzene rings is 1. The molecular weight excluding hydrogens is 290 g/mol. The third-order valence-electron chi connectivity index (χ3n) is 3.43. The first-order valence-corrected chi connectivity index (χ1v) is 9.21. The number of thiophene rings is 1. The SMILES string of the molecule is CC(CN(C)S(C)(=O)=O)c1ccc(-c2ccsc2)cc1. The summed E-state index contributed by atoms with van der Waals surface area (Å²) in [5.41, 5.74) is 3.57. The van der Waals surface area contributed by atoms with Gasteiger partial charge in [0.2, 0.25) is 10.0 Å². The minimum absolute atomic E-state index is 0.172. The zero-order chi connectivity index (χ0) is 14.8. The molecule has 20 heavy (non-hydrogen) atoms. The van der Waals surface area contributed by atoms with Crippen molar-refractivity contribution < 1.29 is 8.42 Å². The Morgan fingerprint density at radius 3 is 2.30 bits per heavy atom. The molecule has 108 valence electrons. The predicted molar refractivity (Wildman–Crippen MR) is 85.6 cm³/mol. The summed E-state index contributed by atoms with van der Waals surface area (Å²) in [6.45, 7) is 2.54. The van der Waals surface area contributed by atoms with Gasteiger partial charge >= 0.3 is 0 Å². The van der Waals surface area contributed by atoms with Crippen LogP contribution >= 0.6 is 11.3 Å². The van der Waals surface area contributed by atoms with Crippen molar-refractivity contribution in [1.82, 2.24) is 4.31 Å². The first-order chi connectivity index (χ1) is 9.38. The summed E-state index contributed by atoms with van der Waals surface area (Å²) in [5.74, 6) is 0.172. The number of sulfonamides is 1. The molecule has 0 aliphatic carbocycles. The molecule has 0 N–H and O–H groups in total. The highest BCUT2D eigenvalue weighted by molar-refractivity contribution is 7.88. The first-order valence-electron chi connectivity index (χ1n) is 6.42. The Morgan fingerprint density at radius 1 is 1.15 bits per heavy atom. The highest BCUT2D eigenvalue weighted by Crippen LogP contribution is 2.25. The van der Waals surface area contributed by atoms with Gasteiger partial charge in [0.1, 0.15) is 0 Å². The number of rotatable bonds is 5. The lowest BCUT2D eigenvalue weighted by Crippen LogP contribution is -2.29. The van der Waals surface area contributed by atoms with Gasteiger partial charge in [-0.1, -0.05) is 31.2 Å². The minimum Gasteiger partial charge on any atom is -0.213 e. The highest BCUT2D eigenvalue weighted by Gasteiger charge is 2.15. The fraction of sp³-hybridized carbons (Fsp3) is 0.333. The maximum atomic E-state index is 11.4. The molecule has 0 aliphatic rings. The summed E-state index contributed by atoms with van der Waals surface area (Å²) >= 11 is 1.68. The lowest BCUT2D eigenvalue weighted by atomic mass is 9.98. The topological polar surface area (TPSA) is 37.4 Å². The molecule has 1 aromatic carbocycles. The van der Waals surface area contributed by atoms with Gasteiger partial charge in [0.05, 0.1) is 6.26 Å². The van der Waals surface area contributed by atoms with Crippen LogP contribution in [-0.2, 0) is 10.0 Å². The van der Waals surface area contributed by atoms with E-state index in [9.17, 15) is 8.42 Å². The van der Waals surface area contributed by atoms with Crippen LogP contribution in [0.5, 0.6) is 0 Å². The number of hydrogen-bond donors (Lipinski definition) is 0. The summed E-state index contributed by atoms with van der Waals surface area (Å²) in [6, 6.07) is 10.4. The van der Waals surface area contributed by atoms with E-state index in [0.29, 0.717) is 6.54 Å². The summed E-state index contributed by atoms with van der Waals surface area (Å²) < 4.78 is 24.3. The average molecular weight is 309 g/mol. The van der Waals surface area contributed by atoms with E-state index in [2.05, 4.69) is 41.1 Å². The highest BCUT2D eigenvalue weighted by atomic mass is 32.2. The number of hydrogen-bond acceptors (Lipinski definition) is 3. The molecule has 1 aromatic heterocycles. The molecule has 0 amide bonds. The maximum Gasteiger partial charge on any atom is 0.210 e. The summed E-state index contributed by atoms with van der Waals surface area (Å²) in [4.78, 5) is 0. The largest absolute Gasteiger partial charge is 0.213 e. The Balaban J connectivity index is 2.10. The molecule has 5 heteroatoms. The second kappa shape index (κ2) is 6.08. The molecule has 2 aromatic rings. The number of nitrogens with zero attached hydrogens (tertiary/aromatic N) is 1. The van der Waals surface area contributed by atoms with E-state index in [1.807, 2.05) is 6.92 Å². The Kier molecular flexibility index (Phi) is 4.62. The van der Waals surface area contributed by atoms with Crippen LogP contribution in [0, 0.1) is 0 Å². The van der Waals surface area contributed by atoms with Gasteiger partial charge < -0.3 is 0 Å². The third-order valence-corrected chi connectivity index (χ3v) is 5.40. The van der Waals surface area contributed by atoms with Gasteiger partial charge in [-0.3, -0.25) is 0 Å². The molecule has 1 unspecified atom stereocenters. The zero-order valence-electron chi connectivity index (χ0n) is 11.9. The molecule has 0 saturated carbocycles. The van der Waals surface area contributed by atoms with Crippen molar-refractivity contribution in [2.24, 2.45) is 0 Å². The van der Waals surface area contributed by atoms with Crippen molar-refractivity contribution in [3.05, 3.63) is 46.7 Å². The van der Waals surface area contributed by atoms with Crippen LogP contribution in [0.15, 0.2) is 41.1 Å². The smallest absolute Gasteiger partial charge is 0.210 e. The van der Waals surface area contributed by atoms with E-state index in [-0.39, 0.29) is 5.92 Å². The van der Waals surface area contributed by atoms with Crippen LogP contribution in [0.1, 0.15) is 18.4 Å². The van der Waals surface area contributed by atoms with Gasteiger partial charge in [-0.25, -0.2) is 12.7 Å². The van der Waals surface area contributed by atoms with Crippen molar-refractivity contribution in [2.45, 2.75) is 12.8 Å². The van der Waals surface area contributed by atoms with Crippen molar-refractivity contribution >= 4 is 21.4 Å². The summed E-state index contributed by atoms with van der Waals surface area (Å²) in [6.07, 6.45) is 1.24. The van der Waals surface area contributed by atoms with E-state index in [1.165, 1.54) is 21.7 Å². The van der Waals surface area contributed by atoms with E-state index in [4.69, 9.17) is 0 Å². The molecule has 0 saturated heterocycles. The van der Waals surface area contributed by atoms with Crippen molar-refractivity contribution in [3.8, 4) is 11.1 Å².